The van der Waals surface area contributed by atoms with Gasteiger partial charge < -0.3 is 15.1 Å². The van der Waals surface area contributed by atoms with E-state index in [1.165, 1.54) is 0 Å². The van der Waals surface area contributed by atoms with Crippen molar-refractivity contribution in [2.24, 2.45) is 5.92 Å². The number of aromatic nitrogens is 1. The van der Waals surface area contributed by atoms with Crippen molar-refractivity contribution in [3.8, 4) is 0 Å². The summed E-state index contributed by atoms with van der Waals surface area (Å²) in [5, 5.41) is 19.1. The predicted octanol–water partition coefficient (Wildman–Crippen LogP) is 2.80. The summed E-state index contributed by atoms with van der Waals surface area (Å²) in [6, 6.07) is 6.93. The highest BCUT2D eigenvalue weighted by molar-refractivity contribution is 6.35. The second-order valence-corrected chi connectivity index (χ2v) is 5.98. The van der Waals surface area contributed by atoms with Crippen LogP contribution >= 0.6 is 11.6 Å². The van der Waals surface area contributed by atoms with E-state index in [-0.39, 0.29) is 17.2 Å². The maximum atomic E-state index is 11.3. The Balaban J connectivity index is 1.94. The van der Waals surface area contributed by atoms with Gasteiger partial charge in [0.2, 0.25) is 0 Å². The third kappa shape index (κ3) is 2.74. The lowest BCUT2D eigenvalue weighted by molar-refractivity contribution is 0.0699. The summed E-state index contributed by atoms with van der Waals surface area (Å²) in [5.74, 6) is 0.281. The first kappa shape index (κ1) is 15.1. The zero-order chi connectivity index (χ0) is 15.7. The predicted molar refractivity (Wildman–Crippen MR) is 85.7 cm³/mol. The van der Waals surface area contributed by atoms with Crippen molar-refractivity contribution in [2.45, 2.75) is 12.8 Å². The van der Waals surface area contributed by atoms with E-state index in [2.05, 4.69) is 9.88 Å². The summed E-state index contributed by atoms with van der Waals surface area (Å²) in [6.45, 7) is 1.99. The highest BCUT2D eigenvalue weighted by Gasteiger charge is 2.23. The third-order valence-corrected chi connectivity index (χ3v) is 4.48. The molecule has 1 aromatic heterocycles. The van der Waals surface area contributed by atoms with Crippen molar-refractivity contribution in [1.29, 1.82) is 0 Å². The van der Waals surface area contributed by atoms with Crippen LogP contribution in [0.2, 0.25) is 5.02 Å². The minimum atomic E-state index is -1.05. The number of aliphatic hydroxyl groups excluding tert-OH is 1. The Kier molecular flexibility index (Phi) is 4.18. The van der Waals surface area contributed by atoms with E-state index in [0.717, 1.165) is 31.7 Å². The lowest BCUT2D eigenvalue weighted by Gasteiger charge is -2.18. The zero-order valence-corrected chi connectivity index (χ0v) is 12.8. The fourth-order valence-corrected chi connectivity index (χ4v) is 3.26. The molecule has 0 bridgehead atoms. The number of hydrogen-bond acceptors (Lipinski definition) is 4. The first-order valence-corrected chi connectivity index (χ1v) is 7.66. The van der Waals surface area contributed by atoms with E-state index in [9.17, 15) is 9.90 Å². The van der Waals surface area contributed by atoms with Crippen LogP contribution in [-0.2, 0) is 0 Å². The molecule has 1 atom stereocenters. The van der Waals surface area contributed by atoms with Gasteiger partial charge in [0.05, 0.1) is 16.1 Å². The van der Waals surface area contributed by atoms with Gasteiger partial charge in [-0.25, -0.2) is 9.78 Å². The van der Waals surface area contributed by atoms with Gasteiger partial charge in [0.15, 0.2) is 0 Å². The molecule has 0 radical (unpaired) electrons. The number of rotatable bonds is 4. The minimum absolute atomic E-state index is 0.0952. The van der Waals surface area contributed by atoms with Crippen LogP contribution in [0.25, 0.3) is 10.9 Å². The largest absolute Gasteiger partial charge is 0.478 e. The summed E-state index contributed by atoms with van der Waals surface area (Å²) in [7, 11) is 0. The summed E-state index contributed by atoms with van der Waals surface area (Å²) < 4.78 is 0. The standard InChI is InChI=1S/C16H17ClN2O3/c17-12-2-3-13-11(15(12)16(21)22)1-4-14(18-13)19-7-5-10(9-19)6-8-20/h1-4,10,20H,5-9H2,(H,21,22)/t10-/m0/s1. The molecule has 0 spiro atoms. The molecule has 5 nitrogen and oxygen atoms in total. The number of anilines is 1. The lowest BCUT2D eigenvalue weighted by Crippen LogP contribution is -2.21. The lowest BCUT2D eigenvalue weighted by atomic mass is 10.1. The van der Waals surface area contributed by atoms with E-state index < -0.39 is 5.97 Å². The summed E-state index contributed by atoms with van der Waals surface area (Å²) >= 11 is 5.98. The van der Waals surface area contributed by atoms with Gasteiger partial charge in [-0.1, -0.05) is 11.6 Å². The van der Waals surface area contributed by atoms with Gasteiger partial charge >= 0.3 is 5.97 Å². The molecule has 2 aromatic rings. The number of halogens is 1. The van der Waals surface area contributed by atoms with E-state index in [1.807, 2.05) is 6.07 Å². The average molecular weight is 321 g/mol. The van der Waals surface area contributed by atoms with Crippen LogP contribution in [0.4, 0.5) is 5.82 Å². The second kappa shape index (κ2) is 6.10. The number of carboxylic acids is 1. The van der Waals surface area contributed by atoms with E-state index in [1.54, 1.807) is 18.2 Å². The van der Waals surface area contributed by atoms with Gasteiger partial charge in [0.1, 0.15) is 5.82 Å². The molecule has 0 unspecified atom stereocenters. The van der Waals surface area contributed by atoms with Gasteiger partial charge in [-0.3, -0.25) is 0 Å². The highest BCUT2D eigenvalue weighted by Crippen LogP contribution is 2.29. The van der Waals surface area contributed by atoms with Crippen molar-refractivity contribution in [2.75, 3.05) is 24.6 Å². The molecule has 2 N–H and O–H groups in total. The van der Waals surface area contributed by atoms with Crippen molar-refractivity contribution in [3.63, 3.8) is 0 Å². The Morgan fingerprint density at radius 1 is 1.36 bits per heavy atom. The molecule has 1 aliphatic heterocycles. The molecule has 1 aliphatic rings. The maximum Gasteiger partial charge on any atom is 0.337 e. The monoisotopic (exact) mass is 320 g/mol. The van der Waals surface area contributed by atoms with Gasteiger partial charge in [-0.05, 0) is 43.0 Å². The molecule has 0 saturated carbocycles. The first-order valence-electron chi connectivity index (χ1n) is 7.28. The normalized spacial score (nSPS) is 18.1. The molecule has 6 heteroatoms. The number of nitrogens with zero attached hydrogens (tertiary/aromatic N) is 2. The Morgan fingerprint density at radius 3 is 2.91 bits per heavy atom. The van der Waals surface area contributed by atoms with E-state index in [0.29, 0.717) is 16.8 Å². The Bertz CT molecular complexity index is 720. The quantitative estimate of drug-likeness (QED) is 0.906. The van der Waals surface area contributed by atoms with Gasteiger partial charge in [-0.15, -0.1) is 0 Å². The molecule has 0 aliphatic carbocycles. The zero-order valence-electron chi connectivity index (χ0n) is 12.0. The van der Waals surface area contributed by atoms with E-state index >= 15 is 0 Å². The molecule has 1 saturated heterocycles. The number of pyridine rings is 1. The maximum absolute atomic E-state index is 11.3. The molecule has 3 rings (SSSR count). The van der Waals surface area contributed by atoms with Crippen molar-refractivity contribution in [3.05, 3.63) is 34.9 Å². The highest BCUT2D eigenvalue weighted by atomic mass is 35.5. The second-order valence-electron chi connectivity index (χ2n) is 5.58. The molecular formula is C16H17ClN2O3. The van der Waals surface area contributed by atoms with Crippen LogP contribution in [0.3, 0.4) is 0 Å². The van der Waals surface area contributed by atoms with E-state index in [4.69, 9.17) is 16.7 Å². The molecule has 2 heterocycles. The van der Waals surface area contributed by atoms with Crippen molar-refractivity contribution in [1.82, 2.24) is 4.98 Å². The van der Waals surface area contributed by atoms with Crippen LogP contribution in [0.1, 0.15) is 23.2 Å². The SMILES string of the molecule is O=C(O)c1c(Cl)ccc2nc(N3CC[C@@H](CCO)C3)ccc12. The topological polar surface area (TPSA) is 73.7 Å². The molecule has 1 aromatic carbocycles. The molecule has 22 heavy (non-hydrogen) atoms. The molecular weight excluding hydrogens is 304 g/mol. The molecule has 116 valence electrons. The fourth-order valence-electron chi connectivity index (χ4n) is 3.02. The van der Waals surface area contributed by atoms with Crippen LogP contribution in [0.15, 0.2) is 24.3 Å². The summed E-state index contributed by atoms with van der Waals surface area (Å²) in [6.07, 6.45) is 1.85. The number of benzene rings is 1. The van der Waals surface area contributed by atoms with Crippen LogP contribution in [0, 0.1) is 5.92 Å². The average Bonchev–Trinajstić information content (AvgIpc) is 2.95. The first-order chi connectivity index (χ1) is 10.6. The Labute approximate surface area is 133 Å². The molecule has 1 fully saturated rings. The Hall–Kier alpha value is -1.85. The van der Waals surface area contributed by atoms with Gasteiger partial charge in [0.25, 0.3) is 0 Å². The van der Waals surface area contributed by atoms with Gasteiger partial charge in [-0.2, -0.15) is 0 Å². The van der Waals surface area contributed by atoms with Crippen molar-refractivity contribution < 1.29 is 15.0 Å². The number of hydrogen-bond donors (Lipinski definition) is 2. The van der Waals surface area contributed by atoms with Gasteiger partial charge in [0, 0.05) is 25.1 Å². The molecule has 0 amide bonds. The number of carbonyl (C=O) groups is 1. The van der Waals surface area contributed by atoms with Crippen molar-refractivity contribution >= 4 is 34.3 Å². The minimum Gasteiger partial charge on any atom is -0.478 e. The smallest absolute Gasteiger partial charge is 0.337 e. The third-order valence-electron chi connectivity index (χ3n) is 4.17. The van der Waals surface area contributed by atoms with Crippen LogP contribution < -0.4 is 4.90 Å². The number of carboxylic acid groups (broad SMARTS) is 1. The summed E-state index contributed by atoms with van der Waals surface area (Å²) in [4.78, 5) is 18.1. The Morgan fingerprint density at radius 2 is 2.18 bits per heavy atom. The number of aliphatic hydroxyl groups is 1. The number of aromatic carboxylic acids is 1. The van der Waals surface area contributed by atoms with Crippen LogP contribution in [-0.4, -0.2) is 40.9 Å². The van der Waals surface area contributed by atoms with Crippen LogP contribution in [0.5, 0.6) is 0 Å². The fraction of sp³-hybridized carbons (Fsp3) is 0.375. The summed E-state index contributed by atoms with van der Waals surface area (Å²) in [5.41, 5.74) is 0.725. The number of fused-ring (bicyclic) bond motifs is 1.